The average molecular weight is 495 g/mol. The molecule has 1 aliphatic heterocycles. The van der Waals surface area contributed by atoms with Gasteiger partial charge in [0, 0.05) is 66.9 Å². The normalized spacial score (nSPS) is 14.1. The lowest BCUT2D eigenvalue weighted by molar-refractivity contribution is -0.127. The molecule has 0 bridgehead atoms. The summed E-state index contributed by atoms with van der Waals surface area (Å²) in [6.07, 6.45) is 15.3. The van der Waals surface area contributed by atoms with Crippen LogP contribution in [0.3, 0.4) is 0 Å². The summed E-state index contributed by atoms with van der Waals surface area (Å²) < 4.78 is 16.4. The van der Waals surface area contributed by atoms with Gasteiger partial charge in [0.2, 0.25) is 5.91 Å². The molecule has 8 heteroatoms. The van der Waals surface area contributed by atoms with E-state index in [1.807, 2.05) is 47.6 Å². The van der Waals surface area contributed by atoms with Crippen LogP contribution in [0.2, 0.25) is 0 Å². The van der Waals surface area contributed by atoms with Gasteiger partial charge in [0.15, 0.2) is 0 Å². The van der Waals surface area contributed by atoms with E-state index in [0.29, 0.717) is 13.1 Å². The van der Waals surface area contributed by atoms with Crippen LogP contribution in [0.25, 0.3) is 17.0 Å². The zero-order valence-electron chi connectivity index (χ0n) is 19.0. The number of nitrogens with one attached hydrogen (secondary N) is 1. The Morgan fingerprint density at radius 1 is 1.15 bits per heavy atom. The minimum absolute atomic E-state index is 0.0102. The Balaban J connectivity index is 0.00000158. The van der Waals surface area contributed by atoms with Gasteiger partial charge >= 0.3 is 0 Å². The maximum absolute atomic E-state index is 13.1. The van der Waals surface area contributed by atoms with Crippen molar-refractivity contribution >= 4 is 50.3 Å². The molecule has 2 heterocycles. The van der Waals surface area contributed by atoms with E-state index < -0.39 is 0 Å². The molecule has 1 amide bonds. The van der Waals surface area contributed by atoms with E-state index >= 15 is 0 Å². The Morgan fingerprint density at radius 3 is 2.59 bits per heavy atom. The highest BCUT2D eigenvalue weighted by atomic mass is 33.1. The highest BCUT2D eigenvalue weighted by molar-refractivity contribution is 8.76. The third kappa shape index (κ3) is 7.00. The Morgan fingerprint density at radius 2 is 1.88 bits per heavy atom. The summed E-state index contributed by atoms with van der Waals surface area (Å²) in [6, 6.07) is 14.6. The van der Waals surface area contributed by atoms with E-state index in [1.54, 1.807) is 23.1 Å². The summed E-state index contributed by atoms with van der Waals surface area (Å²) in [6.45, 7) is 3.72. The van der Waals surface area contributed by atoms with Crippen molar-refractivity contribution < 1.29 is 9.18 Å². The summed E-state index contributed by atoms with van der Waals surface area (Å²) >= 11 is 0. The highest BCUT2D eigenvalue weighted by Crippen LogP contribution is 2.29. The van der Waals surface area contributed by atoms with Crippen LogP contribution in [-0.4, -0.2) is 53.1 Å². The van der Waals surface area contributed by atoms with Gasteiger partial charge in [-0.2, -0.15) is 0 Å². The number of halogens is 1. The van der Waals surface area contributed by atoms with Crippen molar-refractivity contribution in [1.82, 2.24) is 14.8 Å². The number of hydrogen-bond acceptors (Lipinski definition) is 6. The van der Waals surface area contributed by atoms with E-state index in [4.69, 9.17) is 0 Å². The van der Waals surface area contributed by atoms with Crippen LogP contribution in [0, 0.1) is 18.7 Å². The molecule has 3 aromatic rings. The Bertz CT molecular complexity index is 1140. The number of hydrogen-bond donors (Lipinski definition) is 1. The van der Waals surface area contributed by atoms with Gasteiger partial charge in [-0.1, -0.05) is 29.0 Å². The van der Waals surface area contributed by atoms with Gasteiger partial charge in [-0.15, -0.1) is 12.8 Å². The first kappa shape index (κ1) is 25.6. The van der Waals surface area contributed by atoms with Crippen molar-refractivity contribution in [1.29, 1.82) is 0 Å². The standard InChI is InChI=1S/C24H25FN4OS2.C2H2/c1-31-32-27-23-16-19-3-2-10-26-22(19)15-20(23)6-9-24(30)29-13-11-28(12-14-29)17-18-4-7-21(25)8-5-18;1-2/h2-10,15-16,27H,11-14,17H2,1H3;1-2H/b9-6+;. The van der Waals surface area contributed by atoms with Crippen LogP contribution in [0.4, 0.5) is 10.1 Å². The predicted octanol–water partition coefficient (Wildman–Crippen LogP) is 5.32. The Hall–Kier alpha value is -2.99. The molecular weight excluding hydrogens is 467 g/mol. The summed E-state index contributed by atoms with van der Waals surface area (Å²) in [4.78, 5) is 21.4. The van der Waals surface area contributed by atoms with Crippen LogP contribution >= 0.6 is 21.8 Å². The van der Waals surface area contributed by atoms with Crippen molar-refractivity contribution in [3.05, 3.63) is 77.7 Å². The molecule has 5 nitrogen and oxygen atoms in total. The second-order valence-corrected chi connectivity index (χ2v) is 9.75. The number of piperazine rings is 1. The molecule has 0 radical (unpaired) electrons. The summed E-state index contributed by atoms with van der Waals surface area (Å²) in [7, 11) is 3.17. The van der Waals surface area contributed by atoms with E-state index in [0.717, 1.165) is 47.4 Å². The average Bonchev–Trinajstić information content (AvgIpc) is 2.88. The van der Waals surface area contributed by atoms with Gasteiger partial charge in [-0.3, -0.25) is 14.7 Å². The maximum atomic E-state index is 13.1. The second-order valence-electron chi connectivity index (χ2n) is 7.55. The van der Waals surface area contributed by atoms with E-state index in [1.165, 1.54) is 23.1 Å². The van der Waals surface area contributed by atoms with E-state index in [-0.39, 0.29) is 11.7 Å². The number of pyridine rings is 1. The fourth-order valence-electron chi connectivity index (χ4n) is 3.69. The quantitative estimate of drug-likeness (QED) is 0.208. The van der Waals surface area contributed by atoms with Gasteiger partial charge in [0.05, 0.1) is 11.2 Å². The molecule has 1 N–H and O–H groups in total. The first-order valence-electron chi connectivity index (χ1n) is 10.7. The van der Waals surface area contributed by atoms with Crippen LogP contribution < -0.4 is 4.72 Å². The predicted molar refractivity (Wildman–Crippen MR) is 144 cm³/mol. The highest BCUT2D eigenvalue weighted by Gasteiger charge is 2.19. The summed E-state index contributed by atoms with van der Waals surface area (Å²) in [5.74, 6) is -0.209. The van der Waals surface area contributed by atoms with Gasteiger partial charge in [-0.05, 0) is 48.2 Å². The van der Waals surface area contributed by atoms with E-state index in [9.17, 15) is 9.18 Å². The third-order valence-corrected chi connectivity index (χ3v) is 6.64. The van der Waals surface area contributed by atoms with Crippen molar-refractivity contribution in [2.24, 2.45) is 0 Å². The van der Waals surface area contributed by atoms with Crippen LogP contribution in [0.5, 0.6) is 0 Å². The molecular formula is C26H27FN4OS2. The molecule has 2 aromatic carbocycles. The molecule has 0 atom stereocenters. The first-order chi connectivity index (χ1) is 16.6. The monoisotopic (exact) mass is 494 g/mol. The van der Waals surface area contributed by atoms with Gasteiger partial charge in [0.1, 0.15) is 5.82 Å². The SMILES string of the molecule is C#C.CSSNc1cc2cccnc2cc1/C=C/C(=O)N1CCN(Cc2ccc(F)cc2)CC1. The molecule has 1 aliphatic rings. The van der Waals surface area contributed by atoms with Crippen molar-refractivity contribution in [2.45, 2.75) is 6.54 Å². The van der Waals surface area contributed by atoms with Gasteiger partial charge < -0.3 is 9.62 Å². The number of carbonyl (C=O) groups is 1. The maximum Gasteiger partial charge on any atom is 0.246 e. The summed E-state index contributed by atoms with van der Waals surface area (Å²) in [5, 5.41) is 1.05. The summed E-state index contributed by atoms with van der Waals surface area (Å²) in [5.41, 5.74) is 3.87. The number of benzene rings is 2. The number of carbonyl (C=O) groups excluding carboxylic acids is 1. The fourth-order valence-corrected chi connectivity index (χ4v) is 4.56. The number of aromatic nitrogens is 1. The number of terminal acetylenes is 1. The lowest BCUT2D eigenvalue weighted by Gasteiger charge is -2.34. The number of nitrogens with zero attached hydrogens (tertiary/aromatic N) is 3. The lowest BCUT2D eigenvalue weighted by Crippen LogP contribution is -2.47. The Labute approximate surface area is 208 Å². The minimum atomic E-state index is -0.219. The number of rotatable bonds is 7. The topological polar surface area (TPSA) is 48.5 Å². The molecule has 0 aliphatic carbocycles. The molecule has 176 valence electrons. The molecule has 0 spiro atoms. The first-order valence-corrected chi connectivity index (χ1v) is 13.3. The van der Waals surface area contributed by atoms with Gasteiger partial charge in [-0.25, -0.2) is 4.39 Å². The van der Waals surface area contributed by atoms with Crippen molar-refractivity contribution in [3.8, 4) is 12.8 Å². The molecule has 1 aromatic heterocycles. The molecule has 1 saturated heterocycles. The zero-order chi connectivity index (χ0) is 24.3. The lowest BCUT2D eigenvalue weighted by atomic mass is 10.1. The zero-order valence-corrected chi connectivity index (χ0v) is 20.6. The largest absolute Gasteiger partial charge is 0.337 e. The van der Waals surface area contributed by atoms with Crippen LogP contribution in [0.1, 0.15) is 11.1 Å². The molecule has 0 saturated carbocycles. The molecule has 1 fully saturated rings. The van der Waals surface area contributed by atoms with E-state index in [2.05, 4.69) is 33.5 Å². The smallest absolute Gasteiger partial charge is 0.246 e. The molecule has 0 unspecified atom stereocenters. The van der Waals surface area contributed by atoms with Crippen molar-refractivity contribution in [2.75, 3.05) is 37.2 Å². The third-order valence-electron chi connectivity index (χ3n) is 5.42. The molecule has 4 rings (SSSR count). The van der Waals surface area contributed by atoms with Crippen LogP contribution in [0.15, 0.2) is 60.8 Å². The number of anilines is 1. The minimum Gasteiger partial charge on any atom is -0.337 e. The number of amides is 1. The number of fused-ring (bicyclic) bond motifs is 1. The van der Waals surface area contributed by atoms with Gasteiger partial charge in [0.25, 0.3) is 0 Å². The second kappa shape index (κ2) is 13.0. The Kier molecular flexibility index (Phi) is 9.83. The molecule has 34 heavy (non-hydrogen) atoms. The van der Waals surface area contributed by atoms with Crippen molar-refractivity contribution in [3.63, 3.8) is 0 Å². The fraction of sp³-hybridized carbons (Fsp3) is 0.231. The van der Waals surface area contributed by atoms with Crippen LogP contribution in [-0.2, 0) is 11.3 Å².